The number of hydrogen-bond donors (Lipinski definition) is 0. The lowest BCUT2D eigenvalue weighted by Crippen LogP contribution is -2.16. The van der Waals surface area contributed by atoms with Crippen LogP contribution in [0.5, 0.6) is 11.5 Å². The van der Waals surface area contributed by atoms with Crippen LogP contribution in [0.3, 0.4) is 0 Å². The summed E-state index contributed by atoms with van der Waals surface area (Å²) in [5.74, 6) is 1.70. The summed E-state index contributed by atoms with van der Waals surface area (Å²) in [6, 6.07) is 40.4. The molecule has 1 unspecified atom stereocenters. The molecule has 4 heteroatoms. The summed E-state index contributed by atoms with van der Waals surface area (Å²) < 4.78 is 8.81. The number of anilines is 3. The summed E-state index contributed by atoms with van der Waals surface area (Å²) in [5.41, 5.74) is 6.64. The van der Waals surface area contributed by atoms with Gasteiger partial charge in [-0.3, -0.25) is 0 Å². The number of hydrogen-bond acceptors (Lipinski definition) is 2. The smallest absolute Gasteiger partial charge is 0.153 e. The van der Waals surface area contributed by atoms with E-state index < -0.39 is 0 Å². The molecule has 1 aromatic heterocycles. The first-order valence-electron chi connectivity index (χ1n) is 11.3. The highest BCUT2D eigenvalue weighted by atomic mass is 31.0. The second kappa shape index (κ2) is 7.48. The van der Waals surface area contributed by atoms with Gasteiger partial charge >= 0.3 is 0 Å². The van der Waals surface area contributed by atoms with Crippen LogP contribution in [-0.4, -0.2) is 4.57 Å². The van der Waals surface area contributed by atoms with Crippen LogP contribution in [-0.2, 0) is 0 Å². The van der Waals surface area contributed by atoms with Crippen molar-refractivity contribution in [1.29, 1.82) is 0 Å². The summed E-state index contributed by atoms with van der Waals surface area (Å²) in [6.07, 6.45) is 0. The van der Waals surface area contributed by atoms with Crippen molar-refractivity contribution in [3.8, 4) is 17.2 Å². The standard InChI is InChI=1S/C30H21N2OP/c34-22-16-14-21(15-17-22)32-26-12-6-7-13-29(26)33-30-19-27-24(18-28(30)32)23-10-4-5-11-25(23)31(27)20-8-2-1-3-9-20/h1-19H,34H2. The molecule has 0 N–H and O–H groups in total. The number of benzene rings is 5. The van der Waals surface area contributed by atoms with Crippen LogP contribution in [0.1, 0.15) is 0 Å². The molecule has 162 valence electrons. The molecule has 1 aliphatic heterocycles. The van der Waals surface area contributed by atoms with E-state index in [-0.39, 0.29) is 0 Å². The zero-order valence-electron chi connectivity index (χ0n) is 18.3. The van der Waals surface area contributed by atoms with Crippen LogP contribution >= 0.6 is 9.24 Å². The Morgan fingerprint density at radius 3 is 2.12 bits per heavy atom. The van der Waals surface area contributed by atoms with E-state index in [2.05, 4.69) is 122 Å². The molecule has 0 saturated heterocycles. The molecular formula is C30H21N2OP. The van der Waals surface area contributed by atoms with Crippen molar-refractivity contribution in [3.05, 3.63) is 115 Å². The van der Waals surface area contributed by atoms with Crippen LogP contribution in [0.2, 0.25) is 0 Å². The minimum Gasteiger partial charge on any atom is -0.453 e. The zero-order valence-corrected chi connectivity index (χ0v) is 19.5. The van der Waals surface area contributed by atoms with E-state index in [0.29, 0.717) is 0 Å². The van der Waals surface area contributed by atoms with Gasteiger partial charge in [0.05, 0.1) is 22.4 Å². The zero-order chi connectivity index (χ0) is 22.6. The van der Waals surface area contributed by atoms with Gasteiger partial charge in [-0.2, -0.15) is 0 Å². The van der Waals surface area contributed by atoms with Crippen LogP contribution in [0.4, 0.5) is 17.1 Å². The Bertz CT molecular complexity index is 1690. The van der Waals surface area contributed by atoms with Gasteiger partial charge in [0.25, 0.3) is 0 Å². The maximum Gasteiger partial charge on any atom is 0.153 e. The molecule has 0 fully saturated rings. The van der Waals surface area contributed by atoms with Gasteiger partial charge in [-0.15, -0.1) is 9.24 Å². The van der Waals surface area contributed by atoms with Gasteiger partial charge in [0.15, 0.2) is 11.5 Å². The van der Waals surface area contributed by atoms with Crippen molar-refractivity contribution in [3.63, 3.8) is 0 Å². The molecule has 0 radical (unpaired) electrons. The predicted molar refractivity (Wildman–Crippen MR) is 145 cm³/mol. The highest BCUT2D eigenvalue weighted by Gasteiger charge is 2.27. The molecule has 6 aromatic rings. The number of nitrogens with zero attached hydrogens (tertiary/aromatic N) is 2. The minimum absolute atomic E-state index is 0.848. The maximum atomic E-state index is 6.49. The molecule has 7 rings (SSSR count). The van der Waals surface area contributed by atoms with Crippen LogP contribution in [0, 0.1) is 0 Å². The summed E-state index contributed by atoms with van der Waals surface area (Å²) in [5, 5.41) is 3.59. The Labute approximate surface area is 200 Å². The molecule has 5 aromatic carbocycles. The van der Waals surface area contributed by atoms with Gasteiger partial charge in [-0.25, -0.2) is 0 Å². The number of para-hydroxylation sites is 4. The van der Waals surface area contributed by atoms with Crippen LogP contribution in [0.25, 0.3) is 27.5 Å². The van der Waals surface area contributed by atoms with Crippen LogP contribution in [0.15, 0.2) is 115 Å². The van der Waals surface area contributed by atoms with E-state index in [0.717, 1.165) is 45.1 Å². The largest absolute Gasteiger partial charge is 0.453 e. The van der Waals surface area contributed by atoms with Crippen molar-refractivity contribution < 1.29 is 4.74 Å². The third-order valence-electron chi connectivity index (χ3n) is 6.49. The van der Waals surface area contributed by atoms with Gasteiger partial charge in [0.1, 0.15) is 0 Å². The molecule has 3 nitrogen and oxygen atoms in total. The number of rotatable bonds is 2. The van der Waals surface area contributed by atoms with E-state index in [1.54, 1.807) is 0 Å². The Kier molecular flexibility index (Phi) is 4.27. The Balaban J connectivity index is 1.56. The molecule has 1 aliphatic rings. The second-order valence-electron chi connectivity index (χ2n) is 8.52. The van der Waals surface area contributed by atoms with Crippen LogP contribution < -0.4 is 14.9 Å². The van der Waals surface area contributed by atoms with Gasteiger partial charge in [0.2, 0.25) is 0 Å². The van der Waals surface area contributed by atoms with Crippen molar-refractivity contribution in [2.45, 2.75) is 0 Å². The van der Waals surface area contributed by atoms with Gasteiger partial charge < -0.3 is 14.2 Å². The quantitative estimate of drug-likeness (QED) is 0.246. The Morgan fingerprint density at radius 2 is 1.26 bits per heavy atom. The molecule has 1 atom stereocenters. The SMILES string of the molecule is Pc1ccc(N2c3ccccc3Oc3cc4c(cc32)c2ccccc2n4-c2ccccc2)cc1. The predicted octanol–water partition coefficient (Wildman–Crippen LogP) is 7.86. The maximum absolute atomic E-state index is 6.49. The van der Waals surface area contributed by atoms with Crippen molar-refractivity contribution in [1.82, 2.24) is 4.57 Å². The summed E-state index contributed by atoms with van der Waals surface area (Å²) in [7, 11) is 2.76. The highest BCUT2D eigenvalue weighted by molar-refractivity contribution is 7.27. The number of fused-ring (bicyclic) bond motifs is 5. The first-order valence-corrected chi connectivity index (χ1v) is 11.9. The van der Waals surface area contributed by atoms with E-state index in [4.69, 9.17) is 4.74 Å². The van der Waals surface area contributed by atoms with Gasteiger partial charge in [0, 0.05) is 28.2 Å². The highest BCUT2D eigenvalue weighted by Crippen LogP contribution is 2.52. The minimum atomic E-state index is 0.848. The lowest BCUT2D eigenvalue weighted by atomic mass is 10.1. The molecule has 34 heavy (non-hydrogen) atoms. The van der Waals surface area contributed by atoms with Gasteiger partial charge in [-0.05, 0) is 53.8 Å². The Morgan fingerprint density at radius 1 is 0.529 bits per heavy atom. The normalized spacial score (nSPS) is 12.4. The third-order valence-corrected chi connectivity index (χ3v) is 6.87. The average molecular weight is 456 g/mol. The fourth-order valence-corrected chi connectivity index (χ4v) is 5.17. The molecule has 0 spiro atoms. The third kappa shape index (κ3) is 2.88. The first-order chi connectivity index (χ1) is 16.8. The van der Waals surface area contributed by atoms with Crippen molar-refractivity contribution >= 4 is 53.4 Å². The van der Waals surface area contributed by atoms with Crippen molar-refractivity contribution in [2.24, 2.45) is 0 Å². The fourth-order valence-electron chi connectivity index (χ4n) is 4.97. The molecule has 0 bridgehead atoms. The first kappa shape index (κ1) is 19.4. The van der Waals surface area contributed by atoms with E-state index in [9.17, 15) is 0 Å². The second-order valence-corrected chi connectivity index (χ2v) is 9.19. The van der Waals surface area contributed by atoms with Crippen molar-refractivity contribution in [2.75, 3.05) is 4.90 Å². The molecule has 2 heterocycles. The van der Waals surface area contributed by atoms with E-state index >= 15 is 0 Å². The molecular weight excluding hydrogens is 435 g/mol. The molecule has 0 amide bonds. The monoisotopic (exact) mass is 456 g/mol. The van der Waals surface area contributed by atoms with Gasteiger partial charge in [-0.1, -0.05) is 60.7 Å². The average Bonchev–Trinajstić information content (AvgIpc) is 3.20. The summed E-state index contributed by atoms with van der Waals surface area (Å²) in [6.45, 7) is 0. The molecule has 0 saturated carbocycles. The lowest BCUT2D eigenvalue weighted by molar-refractivity contribution is 0.477. The van der Waals surface area contributed by atoms with E-state index in [1.165, 1.54) is 16.3 Å². The molecule has 0 aliphatic carbocycles. The fraction of sp³-hybridized carbons (Fsp3) is 0. The lowest BCUT2D eigenvalue weighted by Gasteiger charge is -2.33. The number of ether oxygens (including phenoxy) is 1. The number of aromatic nitrogens is 1. The Hall–Kier alpha value is -4.07. The van der Waals surface area contributed by atoms with E-state index in [1.807, 2.05) is 12.1 Å². The topological polar surface area (TPSA) is 17.4 Å². The summed E-state index contributed by atoms with van der Waals surface area (Å²) in [4.78, 5) is 2.30. The summed E-state index contributed by atoms with van der Waals surface area (Å²) >= 11 is 0.